The highest BCUT2D eigenvalue weighted by atomic mass is 35.5. The third-order valence-corrected chi connectivity index (χ3v) is 6.35. The van der Waals surface area contributed by atoms with Crippen molar-refractivity contribution in [2.75, 3.05) is 23.3 Å². The van der Waals surface area contributed by atoms with Crippen LogP contribution >= 0.6 is 11.6 Å². The smallest absolute Gasteiger partial charge is 0.263 e. The Hall–Kier alpha value is -2.25. The largest absolute Gasteiger partial charge is 0.497 e. The van der Waals surface area contributed by atoms with Crippen LogP contribution in [0.4, 0.5) is 11.4 Å². The molecule has 0 radical (unpaired) electrons. The van der Waals surface area contributed by atoms with Crippen molar-refractivity contribution in [3.8, 4) is 5.75 Å². The number of nitrogens with zero attached hydrogens (tertiary/aromatic N) is 1. The molecule has 0 atom stereocenters. The molecule has 0 aliphatic carbocycles. The summed E-state index contributed by atoms with van der Waals surface area (Å²) < 4.78 is 33.1. The van der Waals surface area contributed by atoms with Gasteiger partial charge in [-0.2, -0.15) is 0 Å². The number of rotatable bonds is 5. The van der Waals surface area contributed by atoms with Crippen molar-refractivity contribution in [1.29, 1.82) is 0 Å². The first-order valence-corrected chi connectivity index (χ1v) is 10.5. The highest BCUT2D eigenvalue weighted by Gasteiger charge is 2.23. The van der Waals surface area contributed by atoms with Crippen molar-refractivity contribution in [3.63, 3.8) is 0 Å². The molecule has 2 aromatic rings. The van der Waals surface area contributed by atoms with Crippen molar-refractivity contribution in [2.24, 2.45) is 0 Å². The number of sulfonamides is 1. The Morgan fingerprint density at radius 1 is 1.26 bits per heavy atom. The summed E-state index contributed by atoms with van der Waals surface area (Å²) >= 11 is 6.11. The normalized spacial score (nSPS) is 13.8. The van der Waals surface area contributed by atoms with E-state index in [-0.39, 0.29) is 15.8 Å². The lowest BCUT2D eigenvalue weighted by atomic mass is 10.0. The fourth-order valence-electron chi connectivity index (χ4n) is 3.12. The number of fused-ring (bicyclic) bond motifs is 1. The van der Waals surface area contributed by atoms with E-state index in [1.807, 2.05) is 13.0 Å². The SMILES string of the molecule is CCC(=O)N1CCCc2ccc(NS(=O)(=O)c3ccc(OC)cc3Cl)cc21. The number of benzene rings is 2. The molecule has 1 N–H and O–H groups in total. The number of hydrogen-bond donors (Lipinski definition) is 1. The van der Waals surface area contributed by atoms with Crippen LogP contribution in [-0.2, 0) is 21.2 Å². The zero-order chi connectivity index (χ0) is 19.6. The second-order valence-electron chi connectivity index (χ2n) is 6.25. The van der Waals surface area contributed by atoms with Gasteiger partial charge in [0.05, 0.1) is 17.8 Å². The summed E-state index contributed by atoms with van der Waals surface area (Å²) in [6, 6.07) is 9.65. The van der Waals surface area contributed by atoms with Crippen LogP contribution in [0.2, 0.25) is 5.02 Å². The number of carbonyl (C=O) groups excluding carboxylic acids is 1. The molecule has 8 heteroatoms. The van der Waals surface area contributed by atoms with Crippen LogP contribution in [0, 0.1) is 0 Å². The van der Waals surface area contributed by atoms with Gasteiger partial charge in [-0.25, -0.2) is 8.42 Å². The summed E-state index contributed by atoms with van der Waals surface area (Å²) in [5.41, 5.74) is 2.18. The van der Waals surface area contributed by atoms with Gasteiger partial charge in [0.1, 0.15) is 10.6 Å². The zero-order valence-electron chi connectivity index (χ0n) is 15.2. The average molecular weight is 409 g/mol. The summed E-state index contributed by atoms with van der Waals surface area (Å²) in [6.07, 6.45) is 2.16. The third kappa shape index (κ3) is 4.04. The number of aryl methyl sites for hydroxylation is 1. The molecule has 0 unspecified atom stereocenters. The quantitative estimate of drug-likeness (QED) is 0.815. The van der Waals surface area contributed by atoms with Gasteiger partial charge in [-0.15, -0.1) is 0 Å². The van der Waals surface area contributed by atoms with Gasteiger partial charge in [-0.05, 0) is 42.7 Å². The van der Waals surface area contributed by atoms with E-state index >= 15 is 0 Å². The van der Waals surface area contributed by atoms with Gasteiger partial charge in [-0.1, -0.05) is 24.6 Å². The van der Waals surface area contributed by atoms with Gasteiger partial charge >= 0.3 is 0 Å². The van der Waals surface area contributed by atoms with Crippen molar-refractivity contribution in [1.82, 2.24) is 0 Å². The molecule has 0 saturated heterocycles. The first-order chi connectivity index (χ1) is 12.9. The van der Waals surface area contributed by atoms with Gasteiger partial charge < -0.3 is 9.64 Å². The van der Waals surface area contributed by atoms with Crippen molar-refractivity contribution < 1.29 is 17.9 Å². The highest BCUT2D eigenvalue weighted by molar-refractivity contribution is 7.92. The Morgan fingerprint density at radius 3 is 2.70 bits per heavy atom. The van der Waals surface area contributed by atoms with Crippen LogP contribution in [0.5, 0.6) is 5.75 Å². The second kappa shape index (κ2) is 7.78. The number of ether oxygens (including phenoxy) is 1. The van der Waals surface area contributed by atoms with Crippen LogP contribution in [0.1, 0.15) is 25.3 Å². The minimum Gasteiger partial charge on any atom is -0.497 e. The van der Waals surface area contributed by atoms with Crippen LogP contribution in [0.3, 0.4) is 0 Å². The topological polar surface area (TPSA) is 75.7 Å². The maximum absolute atomic E-state index is 12.7. The number of halogens is 1. The van der Waals surface area contributed by atoms with Gasteiger partial charge in [0, 0.05) is 24.7 Å². The van der Waals surface area contributed by atoms with Gasteiger partial charge in [-0.3, -0.25) is 9.52 Å². The third-order valence-electron chi connectivity index (χ3n) is 4.49. The Morgan fingerprint density at radius 2 is 2.04 bits per heavy atom. The minimum atomic E-state index is -3.88. The molecule has 1 amide bonds. The predicted octanol–water partition coefficient (Wildman–Crippen LogP) is 3.84. The Labute approximate surface area is 164 Å². The van der Waals surface area contributed by atoms with Gasteiger partial charge in [0.2, 0.25) is 5.91 Å². The van der Waals surface area contributed by atoms with Crippen molar-refractivity contribution in [2.45, 2.75) is 31.1 Å². The Kier molecular flexibility index (Phi) is 5.62. The summed E-state index contributed by atoms with van der Waals surface area (Å²) in [5.74, 6) is 0.496. The molecule has 6 nitrogen and oxygen atoms in total. The van der Waals surface area contributed by atoms with Crippen molar-refractivity contribution >= 4 is 38.9 Å². The highest BCUT2D eigenvalue weighted by Crippen LogP contribution is 2.32. The van der Waals surface area contributed by atoms with E-state index in [0.717, 1.165) is 24.1 Å². The molecule has 0 bridgehead atoms. The van der Waals surface area contributed by atoms with Crippen molar-refractivity contribution in [3.05, 3.63) is 47.0 Å². The summed E-state index contributed by atoms with van der Waals surface area (Å²) in [7, 11) is -2.40. The van der Waals surface area contributed by atoms with E-state index in [0.29, 0.717) is 24.4 Å². The average Bonchev–Trinajstić information content (AvgIpc) is 2.66. The van der Waals surface area contributed by atoms with Gasteiger partial charge in [0.15, 0.2) is 0 Å². The van der Waals surface area contributed by atoms with E-state index in [2.05, 4.69) is 4.72 Å². The molecule has 0 fully saturated rings. The lowest BCUT2D eigenvalue weighted by Crippen LogP contribution is -2.35. The molecule has 0 spiro atoms. The maximum atomic E-state index is 12.7. The molecule has 0 aromatic heterocycles. The van der Waals surface area contributed by atoms with E-state index in [1.54, 1.807) is 17.0 Å². The summed E-state index contributed by atoms with van der Waals surface area (Å²) in [6.45, 7) is 2.45. The van der Waals surface area contributed by atoms with Crippen LogP contribution in [0.25, 0.3) is 0 Å². The van der Waals surface area contributed by atoms with Crippen LogP contribution < -0.4 is 14.4 Å². The molecular formula is C19H21ClN2O4S. The van der Waals surface area contributed by atoms with Crippen LogP contribution in [0.15, 0.2) is 41.3 Å². The lowest BCUT2D eigenvalue weighted by Gasteiger charge is -2.30. The lowest BCUT2D eigenvalue weighted by molar-refractivity contribution is -0.118. The van der Waals surface area contributed by atoms with E-state index in [9.17, 15) is 13.2 Å². The molecular weight excluding hydrogens is 388 g/mol. The number of anilines is 2. The predicted molar refractivity (Wildman–Crippen MR) is 106 cm³/mol. The standard InChI is InChI=1S/C19H21ClN2O4S/c1-3-19(23)22-10-4-5-13-6-7-14(11-17(13)22)21-27(24,25)18-9-8-15(26-2)12-16(18)20/h6-9,11-12,21H,3-5,10H2,1-2H3. The fraction of sp³-hybridized carbons (Fsp3) is 0.316. The number of hydrogen-bond acceptors (Lipinski definition) is 4. The molecule has 1 heterocycles. The molecule has 1 aliphatic rings. The van der Waals surface area contributed by atoms with Crippen LogP contribution in [-0.4, -0.2) is 28.0 Å². The summed E-state index contributed by atoms with van der Waals surface area (Å²) in [4.78, 5) is 13.9. The Bertz CT molecular complexity index is 976. The number of amides is 1. The van der Waals surface area contributed by atoms with E-state index in [1.165, 1.54) is 25.3 Å². The zero-order valence-corrected chi connectivity index (χ0v) is 16.7. The maximum Gasteiger partial charge on any atom is 0.263 e. The number of nitrogens with one attached hydrogen (secondary N) is 1. The van der Waals surface area contributed by atoms with E-state index in [4.69, 9.17) is 16.3 Å². The van der Waals surface area contributed by atoms with E-state index < -0.39 is 10.0 Å². The molecule has 3 rings (SSSR count). The number of carbonyl (C=O) groups is 1. The fourth-order valence-corrected chi connectivity index (χ4v) is 4.71. The monoisotopic (exact) mass is 408 g/mol. The second-order valence-corrected chi connectivity index (χ2v) is 8.31. The molecule has 2 aromatic carbocycles. The Balaban J connectivity index is 1.93. The molecule has 27 heavy (non-hydrogen) atoms. The minimum absolute atomic E-state index is 0.0224. The first-order valence-electron chi connectivity index (χ1n) is 8.65. The molecule has 1 aliphatic heterocycles. The van der Waals surface area contributed by atoms with Gasteiger partial charge in [0.25, 0.3) is 10.0 Å². The number of methoxy groups -OCH3 is 1. The molecule has 144 valence electrons. The first kappa shape index (κ1) is 19.5. The molecule has 0 saturated carbocycles. The summed E-state index contributed by atoms with van der Waals surface area (Å²) in [5, 5.41) is 0.0718.